The summed E-state index contributed by atoms with van der Waals surface area (Å²) >= 11 is 1.78. The Labute approximate surface area is 151 Å². The van der Waals surface area contributed by atoms with Crippen LogP contribution in [0.5, 0.6) is 0 Å². The minimum Gasteiger partial charge on any atom is -0.357 e. The van der Waals surface area contributed by atoms with Crippen molar-refractivity contribution in [3.63, 3.8) is 0 Å². The number of thiophene rings is 1. The average molecular weight is 354 g/mol. The smallest absolute Gasteiger partial charge is 0.191 e. The lowest BCUT2D eigenvalue weighted by molar-refractivity contribution is 0.802. The van der Waals surface area contributed by atoms with Crippen molar-refractivity contribution in [3.05, 3.63) is 64.7 Å². The first-order valence-electron chi connectivity index (χ1n) is 8.34. The van der Waals surface area contributed by atoms with Gasteiger partial charge in [0.15, 0.2) is 11.8 Å². The lowest BCUT2D eigenvalue weighted by atomic mass is 10.2. The predicted molar refractivity (Wildman–Crippen MR) is 102 cm³/mol. The molecule has 3 heterocycles. The van der Waals surface area contributed by atoms with E-state index in [0.29, 0.717) is 6.54 Å². The zero-order valence-corrected chi connectivity index (χ0v) is 15.0. The van der Waals surface area contributed by atoms with Crippen molar-refractivity contribution < 1.29 is 0 Å². The first-order valence-corrected chi connectivity index (χ1v) is 9.22. The van der Waals surface area contributed by atoms with Crippen LogP contribution in [0.2, 0.25) is 0 Å². The lowest BCUT2D eigenvalue weighted by Gasteiger charge is -2.11. The normalized spacial score (nSPS) is 11.5. The van der Waals surface area contributed by atoms with Crippen molar-refractivity contribution in [2.45, 2.75) is 19.9 Å². The third-order valence-corrected chi connectivity index (χ3v) is 4.49. The fourth-order valence-corrected chi connectivity index (χ4v) is 3.07. The summed E-state index contributed by atoms with van der Waals surface area (Å²) in [5.74, 6) is 1.63. The summed E-state index contributed by atoms with van der Waals surface area (Å²) in [4.78, 5) is 10.4. The number of aliphatic imine (C=N–C) groups is 1. The van der Waals surface area contributed by atoms with Crippen LogP contribution in [-0.2, 0) is 13.0 Å². The van der Waals surface area contributed by atoms with Crippen molar-refractivity contribution in [1.29, 1.82) is 0 Å². The van der Waals surface area contributed by atoms with Crippen LogP contribution in [0.3, 0.4) is 0 Å². The Morgan fingerprint density at radius 3 is 2.96 bits per heavy atom. The summed E-state index contributed by atoms with van der Waals surface area (Å²) in [6, 6.07) is 10.1. The molecule has 6 nitrogen and oxygen atoms in total. The second-order valence-corrected chi connectivity index (χ2v) is 6.46. The van der Waals surface area contributed by atoms with E-state index < -0.39 is 0 Å². The van der Waals surface area contributed by atoms with Gasteiger partial charge < -0.3 is 10.6 Å². The molecule has 130 valence electrons. The average Bonchev–Trinajstić information content (AvgIpc) is 3.34. The van der Waals surface area contributed by atoms with Gasteiger partial charge in [-0.1, -0.05) is 6.07 Å². The van der Waals surface area contributed by atoms with Crippen molar-refractivity contribution >= 4 is 17.3 Å². The molecule has 0 unspecified atom stereocenters. The molecular weight excluding hydrogens is 332 g/mol. The van der Waals surface area contributed by atoms with Crippen LogP contribution in [0.4, 0.5) is 0 Å². The number of hydrogen-bond acceptors (Lipinski definition) is 4. The van der Waals surface area contributed by atoms with E-state index in [2.05, 4.69) is 50.1 Å². The molecule has 0 spiro atoms. The van der Waals surface area contributed by atoms with Gasteiger partial charge in [-0.3, -0.25) is 0 Å². The Morgan fingerprint density at radius 1 is 1.24 bits per heavy atom. The van der Waals surface area contributed by atoms with Gasteiger partial charge in [0, 0.05) is 36.6 Å². The number of nitrogens with zero attached hydrogens (tertiary/aromatic N) is 4. The van der Waals surface area contributed by atoms with E-state index in [4.69, 9.17) is 0 Å². The molecule has 0 atom stereocenters. The molecular formula is C18H22N6S. The molecule has 3 rings (SSSR count). The van der Waals surface area contributed by atoms with Gasteiger partial charge >= 0.3 is 0 Å². The zero-order chi connectivity index (χ0) is 17.3. The van der Waals surface area contributed by atoms with Crippen LogP contribution in [0, 0.1) is 0 Å². The Morgan fingerprint density at radius 2 is 2.20 bits per heavy atom. The third kappa shape index (κ3) is 5.15. The standard InChI is InChI=1S/C18H22N6S/c1-2-19-18(21-10-7-16-5-3-12-25-16)22-14-15-6-9-20-17(13-15)24-11-4-8-23-24/h3-6,8-9,11-13H,2,7,10,14H2,1H3,(H2,19,21,22). The number of hydrogen-bond donors (Lipinski definition) is 2. The molecule has 0 fully saturated rings. The highest BCUT2D eigenvalue weighted by atomic mass is 32.1. The van der Waals surface area contributed by atoms with Gasteiger partial charge in [0.2, 0.25) is 0 Å². The molecule has 0 radical (unpaired) electrons. The van der Waals surface area contributed by atoms with E-state index >= 15 is 0 Å². The minimum atomic E-state index is 0.588. The number of aromatic nitrogens is 3. The molecule has 0 aliphatic rings. The monoisotopic (exact) mass is 354 g/mol. The van der Waals surface area contributed by atoms with Crippen molar-refractivity contribution in [1.82, 2.24) is 25.4 Å². The second-order valence-electron chi connectivity index (χ2n) is 5.42. The first kappa shape index (κ1) is 17.2. The zero-order valence-electron chi connectivity index (χ0n) is 14.2. The Bertz CT molecular complexity index is 780. The van der Waals surface area contributed by atoms with Gasteiger partial charge in [0.25, 0.3) is 0 Å². The highest BCUT2D eigenvalue weighted by Gasteiger charge is 2.02. The Kier molecular flexibility index (Phi) is 6.17. The van der Waals surface area contributed by atoms with Gasteiger partial charge in [-0.05, 0) is 48.6 Å². The van der Waals surface area contributed by atoms with E-state index in [1.165, 1.54) is 4.88 Å². The maximum absolute atomic E-state index is 4.67. The molecule has 0 aromatic carbocycles. The SMILES string of the molecule is CCNC(=NCc1ccnc(-n2cccn2)c1)NCCc1cccs1. The topological polar surface area (TPSA) is 67.1 Å². The third-order valence-electron chi connectivity index (χ3n) is 3.56. The van der Waals surface area contributed by atoms with Gasteiger partial charge in [0.05, 0.1) is 6.54 Å². The molecule has 2 N–H and O–H groups in total. The fraction of sp³-hybridized carbons (Fsp3) is 0.278. The summed E-state index contributed by atoms with van der Waals surface area (Å²) in [5.41, 5.74) is 1.09. The largest absolute Gasteiger partial charge is 0.357 e. The van der Waals surface area contributed by atoms with Crippen LogP contribution >= 0.6 is 11.3 Å². The number of pyridine rings is 1. The summed E-state index contributed by atoms with van der Waals surface area (Å²) < 4.78 is 1.75. The van der Waals surface area contributed by atoms with Crippen LogP contribution in [0.1, 0.15) is 17.4 Å². The maximum Gasteiger partial charge on any atom is 0.191 e. The van der Waals surface area contributed by atoms with Crippen LogP contribution in [-0.4, -0.2) is 33.8 Å². The van der Waals surface area contributed by atoms with Gasteiger partial charge in [-0.2, -0.15) is 5.10 Å². The molecule has 0 aliphatic carbocycles. The summed E-state index contributed by atoms with van der Waals surface area (Å²) in [5, 5.41) is 13.0. The van der Waals surface area contributed by atoms with E-state index in [-0.39, 0.29) is 0 Å². The Balaban J connectivity index is 1.59. The minimum absolute atomic E-state index is 0.588. The number of nitrogens with one attached hydrogen (secondary N) is 2. The van der Waals surface area contributed by atoms with E-state index in [9.17, 15) is 0 Å². The molecule has 7 heteroatoms. The molecule has 25 heavy (non-hydrogen) atoms. The predicted octanol–water partition coefficient (Wildman–Crippen LogP) is 2.63. The van der Waals surface area contributed by atoms with Crippen molar-refractivity contribution in [2.75, 3.05) is 13.1 Å². The van der Waals surface area contributed by atoms with Crippen LogP contribution in [0.15, 0.2) is 59.3 Å². The molecule has 0 saturated heterocycles. The molecule has 3 aromatic heterocycles. The quantitative estimate of drug-likeness (QED) is 0.506. The van der Waals surface area contributed by atoms with E-state index in [0.717, 1.165) is 36.9 Å². The number of guanidine groups is 1. The Hall–Kier alpha value is -2.67. The van der Waals surface area contributed by atoms with Crippen LogP contribution < -0.4 is 10.6 Å². The number of rotatable bonds is 7. The summed E-state index contributed by atoms with van der Waals surface area (Å²) in [7, 11) is 0. The molecule has 3 aromatic rings. The highest BCUT2D eigenvalue weighted by Crippen LogP contribution is 2.09. The van der Waals surface area contributed by atoms with E-state index in [1.54, 1.807) is 28.4 Å². The fourth-order valence-electron chi connectivity index (χ4n) is 2.36. The summed E-state index contributed by atoms with van der Waals surface area (Å²) in [6.07, 6.45) is 6.42. The van der Waals surface area contributed by atoms with E-state index in [1.807, 2.05) is 24.4 Å². The van der Waals surface area contributed by atoms with Gasteiger partial charge in [-0.25, -0.2) is 14.7 Å². The molecule has 0 aliphatic heterocycles. The second kappa shape index (κ2) is 8.98. The van der Waals surface area contributed by atoms with Gasteiger partial charge in [0.1, 0.15) is 0 Å². The van der Waals surface area contributed by atoms with Crippen molar-refractivity contribution in [2.24, 2.45) is 4.99 Å². The van der Waals surface area contributed by atoms with Gasteiger partial charge in [-0.15, -0.1) is 11.3 Å². The molecule has 0 saturated carbocycles. The maximum atomic E-state index is 4.67. The highest BCUT2D eigenvalue weighted by molar-refractivity contribution is 7.09. The van der Waals surface area contributed by atoms with Crippen LogP contribution in [0.25, 0.3) is 5.82 Å². The van der Waals surface area contributed by atoms with Crippen molar-refractivity contribution in [3.8, 4) is 5.82 Å². The summed E-state index contributed by atoms with van der Waals surface area (Å²) in [6.45, 7) is 4.35. The lowest BCUT2D eigenvalue weighted by Crippen LogP contribution is -2.38. The first-order chi connectivity index (χ1) is 12.3. The molecule has 0 amide bonds. The molecule has 0 bridgehead atoms.